The van der Waals surface area contributed by atoms with Crippen LogP contribution < -0.4 is 0 Å². The van der Waals surface area contributed by atoms with Gasteiger partial charge in [-0.25, -0.2) is 4.39 Å². The normalized spacial score (nSPS) is 10.4. The molecule has 0 unspecified atom stereocenters. The quantitative estimate of drug-likeness (QED) is 0.740. The number of ketones is 1. The van der Waals surface area contributed by atoms with Gasteiger partial charge in [0.05, 0.1) is 5.56 Å². The summed E-state index contributed by atoms with van der Waals surface area (Å²) in [7, 11) is 0. The van der Waals surface area contributed by atoms with Gasteiger partial charge in [-0.2, -0.15) is 5.10 Å². The van der Waals surface area contributed by atoms with Gasteiger partial charge in [0.2, 0.25) is 0 Å². The molecule has 0 saturated heterocycles. The molecule has 0 aliphatic rings. The van der Waals surface area contributed by atoms with Crippen LogP contribution in [0.3, 0.4) is 0 Å². The number of carbonyl (C=O) groups excluding carboxylic acids is 1. The average molecular weight is 218 g/mol. The summed E-state index contributed by atoms with van der Waals surface area (Å²) in [6.07, 6.45) is 1.62. The lowest BCUT2D eigenvalue weighted by molar-refractivity contribution is 0.0963. The van der Waals surface area contributed by atoms with Gasteiger partial charge in [-0.15, -0.1) is 0 Å². The second-order valence-corrected chi connectivity index (χ2v) is 3.53. The van der Waals surface area contributed by atoms with Crippen molar-refractivity contribution >= 4 is 5.78 Å². The molecular weight excluding hydrogens is 207 g/mol. The van der Waals surface area contributed by atoms with Gasteiger partial charge in [-0.1, -0.05) is 12.1 Å². The molecule has 16 heavy (non-hydrogen) atoms. The molecule has 0 atom stereocenters. The zero-order chi connectivity index (χ0) is 11.5. The topological polar surface area (TPSA) is 34.9 Å². The van der Waals surface area contributed by atoms with Crippen LogP contribution in [0.5, 0.6) is 0 Å². The Morgan fingerprint density at radius 3 is 2.75 bits per heavy atom. The summed E-state index contributed by atoms with van der Waals surface area (Å²) in [4.78, 5) is 11.8. The monoisotopic (exact) mass is 218 g/mol. The number of carbonyl (C=O) groups is 1. The fourth-order valence-corrected chi connectivity index (χ4v) is 1.47. The van der Waals surface area contributed by atoms with Crippen molar-refractivity contribution in [1.82, 2.24) is 9.78 Å². The molecule has 82 valence electrons. The van der Waals surface area contributed by atoms with Crippen molar-refractivity contribution in [3.63, 3.8) is 0 Å². The number of aromatic nitrogens is 2. The van der Waals surface area contributed by atoms with E-state index >= 15 is 0 Å². The highest BCUT2D eigenvalue weighted by Crippen LogP contribution is 2.09. The molecule has 0 spiro atoms. The molecule has 1 aromatic heterocycles. The van der Waals surface area contributed by atoms with Gasteiger partial charge in [0.1, 0.15) is 12.4 Å². The fraction of sp³-hybridized carbons (Fsp3) is 0.167. The van der Waals surface area contributed by atoms with Gasteiger partial charge in [-0.05, 0) is 25.1 Å². The summed E-state index contributed by atoms with van der Waals surface area (Å²) in [5, 5.41) is 3.98. The molecule has 1 heterocycles. The highest BCUT2D eigenvalue weighted by atomic mass is 19.1. The van der Waals surface area contributed by atoms with Gasteiger partial charge in [-0.3, -0.25) is 9.48 Å². The number of rotatable bonds is 3. The maximum atomic E-state index is 13.3. The van der Waals surface area contributed by atoms with E-state index in [1.165, 1.54) is 12.1 Å². The second kappa shape index (κ2) is 4.26. The number of hydrogen-bond donors (Lipinski definition) is 0. The van der Waals surface area contributed by atoms with Crippen LogP contribution in [0.1, 0.15) is 16.1 Å². The number of hydrogen-bond acceptors (Lipinski definition) is 2. The van der Waals surface area contributed by atoms with Gasteiger partial charge >= 0.3 is 0 Å². The zero-order valence-electron chi connectivity index (χ0n) is 8.85. The predicted octanol–water partition coefficient (Wildman–Crippen LogP) is 2.21. The molecular formula is C12H11FN2O. The van der Waals surface area contributed by atoms with E-state index in [9.17, 15) is 9.18 Å². The minimum atomic E-state index is -0.489. The maximum absolute atomic E-state index is 13.3. The summed E-state index contributed by atoms with van der Waals surface area (Å²) in [6.45, 7) is 1.92. The van der Waals surface area contributed by atoms with E-state index in [0.717, 1.165) is 5.69 Å². The summed E-state index contributed by atoms with van der Waals surface area (Å²) in [6, 6.07) is 7.77. The molecule has 0 fully saturated rings. The van der Waals surface area contributed by atoms with E-state index in [1.807, 2.05) is 6.92 Å². The van der Waals surface area contributed by atoms with Crippen molar-refractivity contribution < 1.29 is 9.18 Å². The molecule has 0 aliphatic carbocycles. The van der Waals surface area contributed by atoms with Crippen LogP contribution in [0, 0.1) is 12.7 Å². The lowest BCUT2D eigenvalue weighted by Crippen LogP contribution is -2.14. The van der Waals surface area contributed by atoms with Crippen LogP contribution >= 0.6 is 0 Å². The van der Waals surface area contributed by atoms with Gasteiger partial charge in [0.25, 0.3) is 0 Å². The molecule has 0 aliphatic heterocycles. The number of halogens is 1. The Morgan fingerprint density at radius 2 is 2.12 bits per heavy atom. The van der Waals surface area contributed by atoms with Crippen molar-refractivity contribution in [2.45, 2.75) is 13.5 Å². The summed E-state index contributed by atoms with van der Waals surface area (Å²) < 4.78 is 14.9. The van der Waals surface area contributed by atoms with Crippen molar-refractivity contribution in [1.29, 1.82) is 0 Å². The van der Waals surface area contributed by atoms with E-state index in [0.29, 0.717) is 0 Å². The molecule has 0 saturated carbocycles. The van der Waals surface area contributed by atoms with Crippen molar-refractivity contribution in [3.8, 4) is 0 Å². The van der Waals surface area contributed by atoms with E-state index in [1.54, 1.807) is 29.1 Å². The van der Waals surface area contributed by atoms with E-state index in [2.05, 4.69) is 5.10 Å². The van der Waals surface area contributed by atoms with Crippen LogP contribution in [-0.2, 0) is 6.54 Å². The standard InChI is InChI=1S/C12H11FN2O/c1-9-6-7-14-15(9)8-12(16)10-4-2-3-5-11(10)13/h2-7H,8H2,1H3. The molecule has 0 N–H and O–H groups in total. The molecule has 3 nitrogen and oxygen atoms in total. The molecule has 2 rings (SSSR count). The smallest absolute Gasteiger partial charge is 0.187 e. The molecule has 0 amide bonds. The Morgan fingerprint density at radius 1 is 1.38 bits per heavy atom. The van der Waals surface area contributed by atoms with Crippen LogP contribution in [0.2, 0.25) is 0 Å². The Balaban J connectivity index is 2.22. The first-order valence-electron chi connectivity index (χ1n) is 4.94. The minimum absolute atomic E-state index is 0.0692. The fourth-order valence-electron chi connectivity index (χ4n) is 1.47. The van der Waals surface area contributed by atoms with Crippen molar-refractivity contribution in [3.05, 3.63) is 53.6 Å². The van der Waals surface area contributed by atoms with Gasteiger partial charge in [0, 0.05) is 11.9 Å². The van der Waals surface area contributed by atoms with Gasteiger partial charge in [0.15, 0.2) is 5.78 Å². The van der Waals surface area contributed by atoms with Crippen LogP contribution in [0.15, 0.2) is 36.5 Å². The molecule has 4 heteroatoms. The Bertz CT molecular complexity index is 519. The molecule has 1 aromatic carbocycles. The summed E-state index contributed by atoms with van der Waals surface area (Å²) in [5.74, 6) is -0.762. The highest BCUT2D eigenvalue weighted by molar-refractivity contribution is 5.96. The van der Waals surface area contributed by atoms with Crippen LogP contribution in [0.25, 0.3) is 0 Å². The van der Waals surface area contributed by atoms with Crippen LogP contribution in [-0.4, -0.2) is 15.6 Å². The van der Waals surface area contributed by atoms with Gasteiger partial charge < -0.3 is 0 Å². The lowest BCUT2D eigenvalue weighted by atomic mass is 10.1. The summed E-state index contributed by atoms with van der Waals surface area (Å²) >= 11 is 0. The first kappa shape index (κ1) is 10.5. The summed E-state index contributed by atoms with van der Waals surface area (Å²) in [5.41, 5.74) is 0.988. The average Bonchev–Trinajstić information content (AvgIpc) is 2.65. The van der Waals surface area contributed by atoms with Crippen molar-refractivity contribution in [2.24, 2.45) is 0 Å². The zero-order valence-corrected chi connectivity index (χ0v) is 8.85. The number of Topliss-reactive ketones (excluding diaryl/α,β-unsaturated/α-hetero) is 1. The van der Waals surface area contributed by atoms with Crippen molar-refractivity contribution in [2.75, 3.05) is 0 Å². The number of benzene rings is 1. The predicted molar refractivity (Wildman–Crippen MR) is 57.7 cm³/mol. The molecule has 0 radical (unpaired) electrons. The third-order valence-corrected chi connectivity index (χ3v) is 2.40. The SMILES string of the molecule is Cc1ccnn1CC(=O)c1ccccc1F. The van der Waals surface area contributed by atoms with Crippen LogP contribution in [0.4, 0.5) is 4.39 Å². The minimum Gasteiger partial charge on any atom is -0.292 e. The maximum Gasteiger partial charge on any atom is 0.187 e. The first-order chi connectivity index (χ1) is 7.68. The van der Waals surface area contributed by atoms with E-state index in [-0.39, 0.29) is 17.9 Å². The Labute approximate surface area is 92.5 Å². The third-order valence-electron chi connectivity index (χ3n) is 2.40. The first-order valence-corrected chi connectivity index (χ1v) is 4.94. The van der Waals surface area contributed by atoms with E-state index < -0.39 is 5.82 Å². The second-order valence-electron chi connectivity index (χ2n) is 3.53. The third kappa shape index (κ3) is 2.00. The number of aryl methyl sites for hydroxylation is 1. The molecule has 2 aromatic rings. The Hall–Kier alpha value is -1.97. The largest absolute Gasteiger partial charge is 0.292 e. The molecule has 0 bridgehead atoms. The highest BCUT2D eigenvalue weighted by Gasteiger charge is 2.12. The lowest BCUT2D eigenvalue weighted by Gasteiger charge is -2.04. The Kier molecular flexibility index (Phi) is 2.81. The number of nitrogens with zero attached hydrogens (tertiary/aromatic N) is 2. The van der Waals surface area contributed by atoms with E-state index in [4.69, 9.17) is 0 Å².